The van der Waals surface area contributed by atoms with Crippen LogP contribution in [0.2, 0.25) is 0 Å². The van der Waals surface area contributed by atoms with Crippen molar-refractivity contribution in [2.24, 2.45) is 0 Å². The summed E-state index contributed by atoms with van der Waals surface area (Å²) in [4.78, 5) is 12.0. The molecule has 1 aromatic carbocycles. The van der Waals surface area contributed by atoms with Crippen molar-refractivity contribution in [1.29, 1.82) is 0 Å². The van der Waals surface area contributed by atoms with Crippen molar-refractivity contribution in [1.82, 2.24) is 4.31 Å². The van der Waals surface area contributed by atoms with Gasteiger partial charge in [0, 0.05) is 31.3 Å². The molecule has 7 nitrogen and oxygen atoms in total. The van der Waals surface area contributed by atoms with Crippen LogP contribution in [0, 0.1) is 0 Å². The van der Waals surface area contributed by atoms with Gasteiger partial charge in [-0.2, -0.15) is 0 Å². The molecule has 8 heteroatoms. The van der Waals surface area contributed by atoms with Crippen LogP contribution in [0.3, 0.4) is 0 Å². The zero-order chi connectivity index (χ0) is 17.6. The minimum atomic E-state index is -3.37. The zero-order valence-corrected chi connectivity index (χ0v) is 14.9. The molecule has 0 bridgehead atoms. The van der Waals surface area contributed by atoms with Crippen LogP contribution in [0.1, 0.15) is 25.7 Å². The summed E-state index contributed by atoms with van der Waals surface area (Å²) in [5, 5.41) is 2.69. The van der Waals surface area contributed by atoms with E-state index in [1.54, 1.807) is 18.2 Å². The quantitative estimate of drug-likeness (QED) is 0.806. The van der Waals surface area contributed by atoms with Crippen molar-refractivity contribution in [3.8, 4) is 11.5 Å². The molecule has 1 fully saturated rings. The highest BCUT2D eigenvalue weighted by molar-refractivity contribution is 7.89. The highest BCUT2D eigenvalue weighted by atomic mass is 32.2. The molecule has 2 rings (SSSR count). The molecule has 134 valence electrons. The van der Waals surface area contributed by atoms with Gasteiger partial charge in [-0.05, 0) is 25.0 Å². The third-order valence-electron chi connectivity index (χ3n) is 3.96. The number of hydrogen-bond donors (Lipinski definition) is 1. The Kier molecular flexibility index (Phi) is 6.44. The van der Waals surface area contributed by atoms with E-state index in [9.17, 15) is 13.2 Å². The Balaban J connectivity index is 1.91. The van der Waals surface area contributed by atoms with Gasteiger partial charge in [0.1, 0.15) is 0 Å². The first-order chi connectivity index (χ1) is 11.5. The molecule has 1 aliphatic heterocycles. The first-order valence-electron chi connectivity index (χ1n) is 7.96. The fourth-order valence-corrected chi connectivity index (χ4v) is 4.15. The number of hydrogen-bond acceptors (Lipinski definition) is 5. The number of methoxy groups -OCH3 is 2. The predicted octanol–water partition coefficient (Wildman–Crippen LogP) is 1.85. The maximum atomic E-state index is 12.2. The molecule has 1 heterocycles. The molecule has 0 unspecified atom stereocenters. The van der Waals surface area contributed by atoms with Crippen LogP contribution in [0.25, 0.3) is 0 Å². The SMILES string of the molecule is COc1ccc(NC(=O)CCS(=O)(=O)N2CCCCC2)cc1OC. The predicted molar refractivity (Wildman–Crippen MR) is 92.0 cm³/mol. The summed E-state index contributed by atoms with van der Waals surface area (Å²) in [6.07, 6.45) is 2.76. The lowest BCUT2D eigenvalue weighted by Gasteiger charge is -2.25. The van der Waals surface area contributed by atoms with Gasteiger partial charge in [-0.15, -0.1) is 0 Å². The zero-order valence-electron chi connectivity index (χ0n) is 14.1. The molecule has 24 heavy (non-hydrogen) atoms. The second-order valence-corrected chi connectivity index (χ2v) is 7.73. The molecule has 0 spiro atoms. The van der Waals surface area contributed by atoms with Crippen molar-refractivity contribution in [3.63, 3.8) is 0 Å². The second kappa shape index (κ2) is 8.34. The normalized spacial score (nSPS) is 15.8. The number of benzene rings is 1. The van der Waals surface area contributed by atoms with Gasteiger partial charge in [-0.25, -0.2) is 12.7 Å². The largest absolute Gasteiger partial charge is 0.493 e. The lowest BCUT2D eigenvalue weighted by Crippen LogP contribution is -2.37. The second-order valence-electron chi connectivity index (χ2n) is 5.64. The Labute approximate surface area is 143 Å². The van der Waals surface area contributed by atoms with Crippen molar-refractivity contribution >= 4 is 21.6 Å². The van der Waals surface area contributed by atoms with Crippen LogP contribution in [0.5, 0.6) is 11.5 Å². The van der Waals surface area contributed by atoms with Crippen LogP contribution in [-0.4, -0.2) is 51.7 Å². The number of sulfonamides is 1. The minimum Gasteiger partial charge on any atom is -0.493 e. The summed E-state index contributed by atoms with van der Waals surface area (Å²) in [5.41, 5.74) is 0.535. The molecule has 1 N–H and O–H groups in total. The average molecular weight is 356 g/mol. The van der Waals surface area contributed by atoms with E-state index >= 15 is 0 Å². The van der Waals surface area contributed by atoms with E-state index in [2.05, 4.69) is 5.32 Å². The fraction of sp³-hybridized carbons (Fsp3) is 0.562. The van der Waals surface area contributed by atoms with Gasteiger partial charge in [-0.3, -0.25) is 4.79 Å². The maximum Gasteiger partial charge on any atom is 0.225 e. The van der Waals surface area contributed by atoms with E-state index in [1.165, 1.54) is 18.5 Å². The van der Waals surface area contributed by atoms with Crippen LogP contribution in [0.4, 0.5) is 5.69 Å². The fourth-order valence-electron chi connectivity index (χ4n) is 2.63. The standard InChI is InChI=1S/C16H24N2O5S/c1-22-14-7-6-13(12-15(14)23-2)17-16(19)8-11-24(20,21)18-9-4-3-5-10-18/h6-7,12H,3-5,8-11H2,1-2H3,(H,17,19). The number of carbonyl (C=O) groups excluding carboxylic acids is 1. The molecule has 0 radical (unpaired) electrons. The van der Waals surface area contributed by atoms with E-state index in [-0.39, 0.29) is 18.1 Å². The van der Waals surface area contributed by atoms with Crippen LogP contribution >= 0.6 is 0 Å². The molecule has 1 aromatic rings. The number of piperidine rings is 1. The van der Waals surface area contributed by atoms with Gasteiger partial charge in [0.2, 0.25) is 15.9 Å². The first kappa shape index (κ1) is 18.5. The summed E-state index contributed by atoms with van der Waals surface area (Å²) in [6, 6.07) is 4.99. The van der Waals surface area contributed by atoms with Gasteiger partial charge in [0.15, 0.2) is 11.5 Å². The van der Waals surface area contributed by atoms with Crippen LogP contribution in [0.15, 0.2) is 18.2 Å². The summed E-state index contributed by atoms with van der Waals surface area (Å²) in [7, 11) is -0.328. The summed E-state index contributed by atoms with van der Waals surface area (Å²) in [5.74, 6) is 0.536. The lowest BCUT2D eigenvalue weighted by molar-refractivity contribution is -0.115. The number of amides is 1. The summed E-state index contributed by atoms with van der Waals surface area (Å²) < 4.78 is 36.3. The average Bonchev–Trinajstić information content (AvgIpc) is 2.60. The molecule has 0 saturated carbocycles. The van der Waals surface area contributed by atoms with Crippen molar-refractivity contribution < 1.29 is 22.7 Å². The van der Waals surface area contributed by atoms with E-state index in [4.69, 9.17) is 9.47 Å². The van der Waals surface area contributed by atoms with Gasteiger partial charge in [0.25, 0.3) is 0 Å². The molecule has 1 saturated heterocycles. The molecule has 1 aliphatic rings. The minimum absolute atomic E-state index is 0.0762. The topological polar surface area (TPSA) is 84.9 Å². The third kappa shape index (κ3) is 4.85. The number of rotatable bonds is 7. The smallest absolute Gasteiger partial charge is 0.225 e. The highest BCUT2D eigenvalue weighted by Gasteiger charge is 2.24. The first-order valence-corrected chi connectivity index (χ1v) is 9.57. The number of carbonyl (C=O) groups is 1. The number of anilines is 1. The molecule has 0 aromatic heterocycles. The van der Waals surface area contributed by atoms with Gasteiger partial charge < -0.3 is 14.8 Å². The number of ether oxygens (including phenoxy) is 2. The van der Waals surface area contributed by atoms with Crippen LogP contribution < -0.4 is 14.8 Å². The Bertz CT molecular complexity index is 669. The Hall–Kier alpha value is -1.80. The molecule has 1 amide bonds. The molecular formula is C16H24N2O5S. The third-order valence-corrected chi connectivity index (χ3v) is 5.83. The van der Waals surface area contributed by atoms with Crippen molar-refractivity contribution in [2.45, 2.75) is 25.7 Å². The Morgan fingerprint density at radius 3 is 2.42 bits per heavy atom. The van der Waals surface area contributed by atoms with E-state index in [0.29, 0.717) is 30.3 Å². The van der Waals surface area contributed by atoms with E-state index in [1.807, 2.05) is 0 Å². The summed E-state index contributed by atoms with van der Waals surface area (Å²) in [6.45, 7) is 1.11. The Morgan fingerprint density at radius 2 is 1.79 bits per heavy atom. The van der Waals surface area contributed by atoms with E-state index < -0.39 is 10.0 Å². The number of nitrogens with one attached hydrogen (secondary N) is 1. The van der Waals surface area contributed by atoms with E-state index in [0.717, 1.165) is 19.3 Å². The lowest BCUT2D eigenvalue weighted by atomic mass is 10.2. The molecular weight excluding hydrogens is 332 g/mol. The maximum absolute atomic E-state index is 12.2. The number of nitrogens with zero attached hydrogens (tertiary/aromatic N) is 1. The monoisotopic (exact) mass is 356 g/mol. The van der Waals surface area contributed by atoms with Gasteiger partial charge in [0.05, 0.1) is 20.0 Å². The van der Waals surface area contributed by atoms with Gasteiger partial charge in [-0.1, -0.05) is 6.42 Å². The van der Waals surface area contributed by atoms with Gasteiger partial charge >= 0.3 is 0 Å². The Morgan fingerprint density at radius 1 is 1.12 bits per heavy atom. The molecule has 0 atom stereocenters. The molecule has 0 aliphatic carbocycles. The van der Waals surface area contributed by atoms with Crippen LogP contribution in [-0.2, 0) is 14.8 Å². The van der Waals surface area contributed by atoms with Crippen molar-refractivity contribution in [2.75, 3.05) is 38.4 Å². The highest BCUT2D eigenvalue weighted by Crippen LogP contribution is 2.29. The summed E-state index contributed by atoms with van der Waals surface area (Å²) >= 11 is 0. The van der Waals surface area contributed by atoms with Crippen molar-refractivity contribution in [3.05, 3.63) is 18.2 Å².